The van der Waals surface area contributed by atoms with Crippen LogP contribution >= 0.6 is 0 Å². The van der Waals surface area contributed by atoms with Crippen LogP contribution in [0.3, 0.4) is 0 Å². The molecule has 2 N–H and O–H groups in total. The van der Waals surface area contributed by atoms with Gasteiger partial charge >= 0.3 is 0 Å². The lowest BCUT2D eigenvalue weighted by molar-refractivity contribution is -0.128. The van der Waals surface area contributed by atoms with Gasteiger partial charge < -0.3 is 15.4 Å². The molecule has 0 aliphatic rings. The fourth-order valence-corrected chi connectivity index (χ4v) is 1.31. The number of amides is 1. The smallest absolute Gasteiger partial charge is 0.225 e. The van der Waals surface area contributed by atoms with Gasteiger partial charge in [-0.3, -0.25) is 4.79 Å². The molecule has 0 aromatic heterocycles. The molecule has 0 aromatic carbocycles. The topological polar surface area (TPSA) is 50.4 Å². The van der Waals surface area contributed by atoms with Crippen LogP contribution in [0.4, 0.5) is 0 Å². The highest BCUT2D eigenvalue weighted by molar-refractivity contribution is 5.81. The number of carbonyl (C=O) groups is 1. The Morgan fingerprint density at radius 3 is 2.17 bits per heavy atom. The summed E-state index contributed by atoms with van der Waals surface area (Å²) in [4.78, 5) is 11.5. The Hall–Kier alpha value is -0.610. The Labute approximate surface area is 112 Å². The van der Waals surface area contributed by atoms with Gasteiger partial charge in [0.2, 0.25) is 5.91 Å². The lowest BCUT2D eigenvalue weighted by Gasteiger charge is -2.17. The highest BCUT2D eigenvalue weighted by atomic mass is 16.5. The fourth-order valence-electron chi connectivity index (χ4n) is 1.31. The van der Waals surface area contributed by atoms with Crippen molar-refractivity contribution >= 4 is 5.91 Å². The van der Waals surface area contributed by atoms with Crippen molar-refractivity contribution in [2.24, 2.45) is 5.41 Å². The average molecular weight is 258 g/mol. The Kier molecular flexibility index (Phi) is 9.02. The van der Waals surface area contributed by atoms with E-state index in [9.17, 15) is 4.79 Å². The van der Waals surface area contributed by atoms with Gasteiger partial charge in [-0.15, -0.1) is 0 Å². The van der Waals surface area contributed by atoms with Crippen LogP contribution in [-0.4, -0.2) is 38.3 Å². The van der Waals surface area contributed by atoms with Gasteiger partial charge in [0.1, 0.15) is 0 Å². The lowest BCUT2D eigenvalue weighted by atomic mass is 9.96. The van der Waals surface area contributed by atoms with Crippen LogP contribution < -0.4 is 10.6 Å². The molecule has 1 amide bonds. The molecule has 0 aromatic rings. The molecule has 0 bridgehead atoms. The summed E-state index contributed by atoms with van der Waals surface area (Å²) in [7, 11) is 0. The second kappa shape index (κ2) is 9.34. The minimum atomic E-state index is -0.302. The van der Waals surface area contributed by atoms with Gasteiger partial charge in [0.15, 0.2) is 0 Å². The van der Waals surface area contributed by atoms with Crippen LogP contribution in [0, 0.1) is 5.41 Å². The van der Waals surface area contributed by atoms with Crippen molar-refractivity contribution in [2.75, 3.05) is 26.3 Å². The maximum atomic E-state index is 11.5. The van der Waals surface area contributed by atoms with Gasteiger partial charge in [0, 0.05) is 31.2 Å². The molecule has 0 saturated carbocycles. The molecule has 0 aliphatic heterocycles. The van der Waals surface area contributed by atoms with E-state index in [-0.39, 0.29) is 11.3 Å². The Morgan fingerprint density at radius 2 is 1.67 bits per heavy atom. The van der Waals surface area contributed by atoms with Crippen molar-refractivity contribution in [1.82, 2.24) is 10.6 Å². The van der Waals surface area contributed by atoms with Crippen LogP contribution in [0.5, 0.6) is 0 Å². The second-order valence-electron chi connectivity index (χ2n) is 5.93. The molecule has 0 unspecified atom stereocenters. The molecule has 0 radical (unpaired) electrons. The van der Waals surface area contributed by atoms with Gasteiger partial charge in [-0.05, 0) is 19.4 Å². The van der Waals surface area contributed by atoms with Gasteiger partial charge in [-0.1, -0.05) is 34.6 Å². The molecule has 0 saturated heterocycles. The van der Waals surface area contributed by atoms with Gasteiger partial charge in [-0.25, -0.2) is 0 Å². The van der Waals surface area contributed by atoms with E-state index in [2.05, 4.69) is 24.5 Å². The molecule has 18 heavy (non-hydrogen) atoms. The second-order valence-corrected chi connectivity index (χ2v) is 5.93. The number of nitrogens with one attached hydrogen (secondary N) is 2. The molecule has 0 rings (SSSR count). The zero-order chi connectivity index (χ0) is 14.0. The van der Waals surface area contributed by atoms with Crippen molar-refractivity contribution in [3.8, 4) is 0 Å². The third-order valence-corrected chi connectivity index (χ3v) is 2.45. The summed E-state index contributed by atoms with van der Waals surface area (Å²) in [6.45, 7) is 13.2. The molecule has 0 spiro atoms. The van der Waals surface area contributed by atoms with Crippen LogP contribution in [0.1, 0.15) is 47.5 Å². The van der Waals surface area contributed by atoms with Crippen LogP contribution in [0.25, 0.3) is 0 Å². The minimum absolute atomic E-state index is 0.101. The predicted molar refractivity (Wildman–Crippen MR) is 75.7 cm³/mol. The van der Waals surface area contributed by atoms with E-state index in [1.165, 1.54) is 0 Å². The summed E-state index contributed by atoms with van der Waals surface area (Å²) >= 11 is 0. The first-order valence-electron chi connectivity index (χ1n) is 6.93. The van der Waals surface area contributed by atoms with E-state index in [0.717, 1.165) is 26.0 Å². The summed E-state index contributed by atoms with van der Waals surface area (Å²) in [6.07, 6.45) is 1.91. The molecule has 0 atom stereocenters. The van der Waals surface area contributed by atoms with E-state index in [0.29, 0.717) is 19.2 Å². The monoisotopic (exact) mass is 258 g/mol. The SMILES string of the molecule is CC(C)NCCCOCCCNC(=O)C(C)(C)C. The molecule has 0 aliphatic carbocycles. The fraction of sp³-hybridized carbons (Fsp3) is 0.929. The molecular formula is C14H30N2O2. The predicted octanol–water partition coefficient (Wildman–Crippen LogP) is 1.94. The number of rotatable bonds is 9. The van der Waals surface area contributed by atoms with Crippen molar-refractivity contribution in [2.45, 2.75) is 53.5 Å². The zero-order valence-corrected chi connectivity index (χ0v) is 12.6. The zero-order valence-electron chi connectivity index (χ0n) is 12.6. The molecule has 108 valence electrons. The quantitative estimate of drug-likeness (QED) is 0.621. The van der Waals surface area contributed by atoms with E-state index >= 15 is 0 Å². The molecular weight excluding hydrogens is 228 g/mol. The number of carbonyl (C=O) groups excluding carboxylic acids is 1. The van der Waals surface area contributed by atoms with Gasteiger partial charge in [-0.2, -0.15) is 0 Å². The minimum Gasteiger partial charge on any atom is -0.381 e. The van der Waals surface area contributed by atoms with Crippen molar-refractivity contribution < 1.29 is 9.53 Å². The summed E-state index contributed by atoms with van der Waals surface area (Å²) in [5.41, 5.74) is -0.302. The maximum Gasteiger partial charge on any atom is 0.225 e. The maximum absolute atomic E-state index is 11.5. The lowest BCUT2D eigenvalue weighted by Crippen LogP contribution is -2.35. The molecule has 4 heteroatoms. The normalized spacial score (nSPS) is 11.9. The van der Waals surface area contributed by atoms with Crippen molar-refractivity contribution in [1.29, 1.82) is 0 Å². The first kappa shape index (κ1) is 17.4. The summed E-state index contributed by atoms with van der Waals surface area (Å²) in [6, 6.07) is 0.539. The van der Waals surface area contributed by atoms with Crippen molar-refractivity contribution in [3.63, 3.8) is 0 Å². The highest BCUT2D eigenvalue weighted by Gasteiger charge is 2.19. The molecule has 4 nitrogen and oxygen atoms in total. The highest BCUT2D eigenvalue weighted by Crippen LogP contribution is 2.11. The Bertz CT molecular complexity index is 222. The summed E-state index contributed by atoms with van der Waals surface area (Å²) in [5.74, 6) is 0.101. The van der Waals surface area contributed by atoms with Crippen LogP contribution in [0.15, 0.2) is 0 Å². The number of hydrogen-bond donors (Lipinski definition) is 2. The summed E-state index contributed by atoms with van der Waals surface area (Å²) in [5, 5.41) is 6.25. The Balaban J connectivity index is 3.24. The Morgan fingerprint density at radius 1 is 1.11 bits per heavy atom. The van der Waals surface area contributed by atoms with Gasteiger partial charge in [0.05, 0.1) is 0 Å². The van der Waals surface area contributed by atoms with Crippen LogP contribution in [0.2, 0.25) is 0 Å². The van der Waals surface area contributed by atoms with Crippen LogP contribution in [-0.2, 0) is 9.53 Å². The largest absolute Gasteiger partial charge is 0.381 e. The van der Waals surface area contributed by atoms with E-state index in [4.69, 9.17) is 4.74 Å². The molecule has 0 fully saturated rings. The average Bonchev–Trinajstić information content (AvgIpc) is 2.24. The first-order valence-corrected chi connectivity index (χ1v) is 6.93. The first-order chi connectivity index (χ1) is 8.34. The number of hydrogen-bond acceptors (Lipinski definition) is 3. The third kappa shape index (κ3) is 10.5. The number of ether oxygens (including phenoxy) is 1. The third-order valence-electron chi connectivity index (χ3n) is 2.45. The van der Waals surface area contributed by atoms with Gasteiger partial charge in [0.25, 0.3) is 0 Å². The molecule has 0 heterocycles. The van der Waals surface area contributed by atoms with E-state index < -0.39 is 0 Å². The van der Waals surface area contributed by atoms with E-state index in [1.54, 1.807) is 0 Å². The standard InChI is InChI=1S/C14H30N2O2/c1-12(2)15-8-6-10-18-11-7-9-16-13(17)14(3,4)5/h12,15H,6-11H2,1-5H3,(H,16,17). The van der Waals surface area contributed by atoms with Crippen molar-refractivity contribution in [3.05, 3.63) is 0 Å². The summed E-state index contributed by atoms with van der Waals surface area (Å²) < 4.78 is 5.49. The van der Waals surface area contributed by atoms with E-state index in [1.807, 2.05) is 20.8 Å².